The molecule has 0 aliphatic heterocycles. The molecule has 0 fully saturated rings. The highest BCUT2D eigenvalue weighted by Gasteiger charge is 2.23. The van der Waals surface area contributed by atoms with Crippen molar-refractivity contribution >= 4 is 0 Å². The van der Waals surface area contributed by atoms with Gasteiger partial charge in [0, 0.05) is 0 Å². The Hall–Kier alpha value is -0.260. The summed E-state index contributed by atoms with van der Waals surface area (Å²) in [5, 5.41) is 0. The second-order valence-electron chi connectivity index (χ2n) is 4.25. The van der Waals surface area contributed by atoms with E-state index in [1.54, 1.807) is 0 Å². The summed E-state index contributed by atoms with van der Waals surface area (Å²) >= 11 is 0. The molecule has 0 spiro atoms. The van der Waals surface area contributed by atoms with Crippen LogP contribution in [0.4, 0.5) is 0 Å². The van der Waals surface area contributed by atoms with E-state index in [-0.39, 0.29) is 0 Å². The van der Waals surface area contributed by atoms with Crippen molar-refractivity contribution in [2.75, 3.05) is 0 Å². The first-order valence-electron chi connectivity index (χ1n) is 4.02. The van der Waals surface area contributed by atoms with Crippen LogP contribution in [0, 0.1) is 17.3 Å². The van der Waals surface area contributed by atoms with E-state index in [1.165, 1.54) is 0 Å². The highest BCUT2D eigenvalue weighted by atomic mass is 14.3. The van der Waals surface area contributed by atoms with Crippen LogP contribution in [0.2, 0.25) is 0 Å². The highest BCUT2D eigenvalue weighted by molar-refractivity contribution is 4.84. The van der Waals surface area contributed by atoms with Gasteiger partial charge in [0.2, 0.25) is 0 Å². The van der Waals surface area contributed by atoms with Crippen molar-refractivity contribution in [3.8, 4) is 0 Å². The maximum Gasteiger partial charge on any atom is -0.0234 e. The molecule has 0 aromatic carbocycles. The molecule has 0 N–H and O–H groups in total. The van der Waals surface area contributed by atoms with Gasteiger partial charge in [-0.25, -0.2) is 0 Å². The van der Waals surface area contributed by atoms with E-state index in [0.717, 1.165) is 0 Å². The predicted molar refractivity (Wildman–Crippen MR) is 48.0 cm³/mol. The van der Waals surface area contributed by atoms with Crippen LogP contribution in [0.25, 0.3) is 0 Å². The molecule has 0 saturated heterocycles. The van der Waals surface area contributed by atoms with Crippen LogP contribution in [-0.2, 0) is 0 Å². The van der Waals surface area contributed by atoms with Crippen LogP contribution < -0.4 is 0 Å². The predicted octanol–water partition coefficient (Wildman–Crippen LogP) is 3.49. The molecule has 0 bridgehead atoms. The van der Waals surface area contributed by atoms with E-state index in [1.807, 2.05) is 6.08 Å². The summed E-state index contributed by atoms with van der Waals surface area (Å²) in [6, 6.07) is 0. The molecule has 0 radical (unpaired) electrons. The van der Waals surface area contributed by atoms with Gasteiger partial charge in [-0.3, -0.25) is 0 Å². The van der Waals surface area contributed by atoms with E-state index in [2.05, 4.69) is 41.2 Å². The maximum atomic E-state index is 3.80. The van der Waals surface area contributed by atoms with Gasteiger partial charge >= 0.3 is 0 Å². The Morgan fingerprint density at radius 1 is 1.20 bits per heavy atom. The zero-order valence-electron chi connectivity index (χ0n) is 7.94. The Balaban J connectivity index is 4.07. The molecular formula is C10H20. The Morgan fingerprint density at radius 2 is 1.60 bits per heavy atom. The summed E-state index contributed by atoms with van der Waals surface area (Å²) in [7, 11) is 0. The molecule has 0 nitrogen and oxygen atoms in total. The van der Waals surface area contributed by atoms with Gasteiger partial charge in [0.05, 0.1) is 0 Å². The van der Waals surface area contributed by atoms with Crippen molar-refractivity contribution in [3.63, 3.8) is 0 Å². The maximum absolute atomic E-state index is 3.80. The minimum absolute atomic E-state index is 0.410. The topological polar surface area (TPSA) is 0 Å². The first kappa shape index (κ1) is 9.74. The molecule has 0 aromatic rings. The molecule has 10 heavy (non-hydrogen) atoms. The van der Waals surface area contributed by atoms with Gasteiger partial charge in [-0.1, -0.05) is 40.7 Å². The fourth-order valence-corrected chi connectivity index (χ4v) is 0.993. The van der Waals surface area contributed by atoms with Crippen molar-refractivity contribution < 1.29 is 0 Å². The Morgan fingerprint density at radius 3 is 1.70 bits per heavy atom. The molecule has 0 rings (SSSR count). The van der Waals surface area contributed by atoms with Crippen LogP contribution in [0.15, 0.2) is 12.7 Å². The third-order valence-corrected chi connectivity index (χ3v) is 2.53. The number of hydrogen-bond donors (Lipinski definition) is 0. The molecular weight excluding hydrogens is 120 g/mol. The molecule has 0 saturated carbocycles. The van der Waals surface area contributed by atoms with Gasteiger partial charge in [-0.15, -0.1) is 6.58 Å². The van der Waals surface area contributed by atoms with Crippen molar-refractivity contribution in [2.45, 2.75) is 34.6 Å². The Labute approximate surface area is 65.3 Å². The van der Waals surface area contributed by atoms with Gasteiger partial charge in [0.15, 0.2) is 0 Å². The summed E-state index contributed by atoms with van der Waals surface area (Å²) in [6.45, 7) is 15.1. The van der Waals surface area contributed by atoms with E-state index in [9.17, 15) is 0 Å². The van der Waals surface area contributed by atoms with Gasteiger partial charge < -0.3 is 0 Å². The second kappa shape index (κ2) is 3.23. The third-order valence-electron chi connectivity index (χ3n) is 2.53. The van der Waals surface area contributed by atoms with Crippen LogP contribution in [0.5, 0.6) is 0 Å². The summed E-state index contributed by atoms with van der Waals surface area (Å²) in [6.07, 6.45) is 2.04. The van der Waals surface area contributed by atoms with E-state index in [0.29, 0.717) is 17.3 Å². The van der Waals surface area contributed by atoms with Gasteiger partial charge in [-0.05, 0) is 17.3 Å². The van der Waals surface area contributed by atoms with Crippen molar-refractivity contribution in [1.29, 1.82) is 0 Å². The fourth-order valence-electron chi connectivity index (χ4n) is 0.993. The molecule has 0 aromatic heterocycles. The van der Waals surface area contributed by atoms with Gasteiger partial charge in [-0.2, -0.15) is 0 Å². The zero-order chi connectivity index (χ0) is 8.36. The quantitative estimate of drug-likeness (QED) is 0.515. The summed E-state index contributed by atoms with van der Waals surface area (Å²) in [5.41, 5.74) is 0.410. The minimum atomic E-state index is 0.410. The lowest BCUT2D eigenvalue weighted by Gasteiger charge is -2.30. The Bertz CT molecular complexity index is 106. The molecule has 2 atom stereocenters. The summed E-state index contributed by atoms with van der Waals surface area (Å²) < 4.78 is 0. The molecule has 0 aliphatic carbocycles. The van der Waals surface area contributed by atoms with Crippen molar-refractivity contribution in [1.82, 2.24) is 0 Å². The van der Waals surface area contributed by atoms with Crippen LogP contribution in [0.3, 0.4) is 0 Å². The molecule has 0 heteroatoms. The lowest BCUT2D eigenvalue weighted by Crippen LogP contribution is -2.22. The minimum Gasteiger partial charge on any atom is -0.103 e. The zero-order valence-corrected chi connectivity index (χ0v) is 7.94. The smallest absolute Gasteiger partial charge is 0.0234 e. The monoisotopic (exact) mass is 140 g/mol. The number of allylic oxidation sites excluding steroid dienone is 1. The summed E-state index contributed by atoms with van der Waals surface area (Å²) in [4.78, 5) is 0. The number of rotatable bonds is 2. The molecule has 60 valence electrons. The van der Waals surface area contributed by atoms with E-state index in [4.69, 9.17) is 0 Å². The normalized spacial score (nSPS) is 18.1. The molecule has 0 amide bonds. The van der Waals surface area contributed by atoms with Gasteiger partial charge in [0.1, 0.15) is 0 Å². The molecule has 0 aliphatic rings. The van der Waals surface area contributed by atoms with Gasteiger partial charge in [0.25, 0.3) is 0 Å². The largest absolute Gasteiger partial charge is 0.103 e. The third kappa shape index (κ3) is 2.55. The second-order valence-corrected chi connectivity index (χ2v) is 4.25. The average molecular weight is 140 g/mol. The van der Waals surface area contributed by atoms with Crippen LogP contribution in [-0.4, -0.2) is 0 Å². The highest BCUT2D eigenvalue weighted by Crippen LogP contribution is 2.31. The lowest BCUT2D eigenvalue weighted by molar-refractivity contribution is 0.215. The van der Waals surface area contributed by atoms with Crippen LogP contribution in [0.1, 0.15) is 34.6 Å². The fraction of sp³-hybridized carbons (Fsp3) is 0.800. The molecule has 2 unspecified atom stereocenters. The van der Waals surface area contributed by atoms with Crippen LogP contribution >= 0.6 is 0 Å². The van der Waals surface area contributed by atoms with E-state index < -0.39 is 0 Å². The molecule has 0 heterocycles. The SMILES string of the molecule is C=CC(C)C(C)C(C)(C)C. The lowest BCUT2D eigenvalue weighted by atomic mass is 9.75. The van der Waals surface area contributed by atoms with Crippen molar-refractivity contribution in [3.05, 3.63) is 12.7 Å². The standard InChI is InChI=1S/C10H20/c1-7-8(2)9(3)10(4,5)6/h7-9H,1H2,2-6H3. The summed E-state index contributed by atoms with van der Waals surface area (Å²) in [5.74, 6) is 1.34. The first-order valence-corrected chi connectivity index (χ1v) is 4.02. The number of hydrogen-bond acceptors (Lipinski definition) is 0. The Kier molecular flexibility index (Phi) is 3.14. The average Bonchev–Trinajstić information content (AvgIpc) is 1.83. The van der Waals surface area contributed by atoms with Crippen molar-refractivity contribution in [2.24, 2.45) is 17.3 Å². The first-order chi connectivity index (χ1) is 4.39. The van der Waals surface area contributed by atoms with E-state index >= 15 is 0 Å².